The highest BCUT2D eigenvalue weighted by Gasteiger charge is 2.38. The van der Waals surface area contributed by atoms with Crippen LogP contribution in [0.25, 0.3) is 0 Å². The monoisotopic (exact) mass is 2060 g/mol. The number of halogens is 18. The van der Waals surface area contributed by atoms with Gasteiger partial charge < -0.3 is 0 Å². The molecule has 808 valence electrons. The van der Waals surface area contributed by atoms with E-state index in [1.165, 1.54) is 0 Å². The Kier molecular flexibility index (Phi) is 57.0. The van der Waals surface area contributed by atoms with Gasteiger partial charge >= 0.3 is 37.1 Å². The molecule has 0 aromatic rings. The maximum Gasteiger partial charge on any atom is 0.389 e. The minimum atomic E-state index is -4.16. The molecule has 0 atom stereocenters. The number of rotatable bonds is 42. The number of ketones is 14. The lowest BCUT2D eigenvalue weighted by atomic mass is 9.84. The van der Waals surface area contributed by atoms with Crippen molar-refractivity contribution in [1.29, 1.82) is 0 Å². The maximum absolute atomic E-state index is 12.3. The van der Waals surface area contributed by atoms with E-state index in [0.29, 0.717) is 234 Å². The van der Waals surface area contributed by atoms with E-state index < -0.39 is 75.6 Å². The van der Waals surface area contributed by atoms with Crippen molar-refractivity contribution in [2.45, 2.75) is 459 Å². The summed E-state index contributed by atoms with van der Waals surface area (Å²) in [6, 6.07) is 0. The Morgan fingerprint density at radius 3 is 0.340 bits per heavy atom. The van der Waals surface area contributed by atoms with Gasteiger partial charge in [0.15, 0.2) is 81.0 Å². The van der Waals surface area contributed by atoms with Crippen molar-refractivity contribution >= 4 is 81.0 Å². The van der Waals surface area contributed by atoms with E-state index in [-0.39, 0.29) is 132 Å². The van der Waals surface area contributed by atoms with E-state index in [2.05, 4.69) is 6.92 Å². The number of allylic oxidation sites excluding steroid dienone is 28. The molecule has 0 spiro atoms. The first-order chi connectivity index (χ1) is 66.4. The molecule has 0 unspecified atom stereocenters. The summed E-state index contributed by atoms with van der Waals surface area (Å²) in [6.07, 6.45) is -8.23. The first kappa shape index (κ1) is 132. The van der Waals surface area contributed by atoms with Crippen molar-refractivity contribution in [3.8, 4) is 0 Å². The zero-order valence-corrected chi connectivity index (χ0v) is 88.2. The molecule has 144 heavy (non-hydrogen) atoms. The smallest absolute Gasteiger partial charge is 0.289 e. The van der Waals surface area contributed by atoms with Gasteiger partial charge in [-0.2, -0.15) is 79.0 Å². The third kappa shape index (κ3) is 45.0. The predicted molar refractivity (Wildman–Crippen MR) is 524 cm³/mol. The number of alkyl halides is 18. The summed E-state index contributed by atoms with van der Waals surface area (Å²) in [7, 11) is 0. The van der Waals surface area contributed by atoms with Gasteiger partial charge in [0.1, 0.15) is 0 Å². The number of hydrogen-bond acceptors (Lipinski definition) is 14. The summed E-state index contributed by atoms with van der Waals surface area (Å²) in [4.78, 5) is 168. The standard InChI is InChI=1S/C19H27F3O2.C18H25F3O2.C17H23F3O2.C16H21F3O2.C15H19F3O2.C14H17F3O2.C13H18O2/c1-13-14(2)18(24)16(15(3)17(13)23)11-9-7-5-4-6-8-10-12-19(20,21)22;1-12-13(2)17(23)15(14(3)16(12)22)10-8-6-4-5-7-9-11-18(19,20)21;1-11-12(2)16(22)14(13(3)15(11)21)9-7-5-4-6-8-10-17(18,19)20;1-10-11(2)15(21)13(12(3)14(10)20)8-6-4-5-7-9-16(17,18)19;1-9-10(2)14(20)12(11(3)13(9)19)7-5-4-6-8-15(16,17)18;1-8-9(2)13(19)11(10(3)12(8)18)6-4-5-7-14(15,16)17;1-5-6-7-11-10(4)12(14)8(2)9(3)13(11)15/h4-12H2,1-3H3;4-11H2,1-3H3;4-10H2,1-3H3;4-9H2,1-3H3;4-8H2,1-3H3;4-7H2,1-3H3;5-7H2,1-4H3. The second-order valence-electron chi connectivity index (χ2n) is 38.4. The van der Waals surface area contributed by atoms with E-state index in [1.54, 1.807) is 145 Å². The third-order valence-electron chi connectivity index (χ3n) is 27.5. The van der Waals surface area contributed by atoms with Gasteiger partial charge in [0.25, 0.3) is 0 Å². The molecule has 7 aliphatic carbocycles. The Labute approximate surface area is 838 Å². The Morgan fingerprint density at radius 2 is 0.215 bits per heavy atom. The normalized spacial score (nSPS) is 17.0. The lowest BCUT2D eigenvalue weighted by Gasteiger charge is -2.18. The van der Waals surface area contributed by atoms with E-state index in [4.69, 9.17) is 0 Å². The fourth-order valence-corrected chi connectivity index (χ4v) is 17.0. The molecule has 32 heteroatoms. The Bertz CT molecular complexity index is 5160. The lowest BCUT2D eigenvalue weighted by Crippen LogP contribution is -2.20. The zero-order chi connectivity index (χ0) is 111. The van der Waals surface area contributed by atoms with Crippen molar-refractivity contribution in [1.82, 2.24) is 0 Å². The highest BCUT2D eigenvalue weighted by molar-refractivity contribution is 6.29. The third-order valence-corrected chi connectivity index (χ3v) is 27.5. The Hall–Kier alpha value is -9.52. The molecule has 0 radical (unpaired) electrons. The topological polar surface area (TPSA) is 239 Å². The van der Waals surface area contributed by atoms with Crippen molar-refractivity contribution in [3.05, 3.63) is 156 Å². The van der Waals surface area contributed by atoms with Gasteiger partial charge in [-0.3, -0.25) is 67.1 Å². The molecule has 0 saturated carbocycles. The highest BCUT2D eigenvalue weighted by Crippen LogP contribution is 2.38. The van der Waals surface area contributed by atoms with E-state index in [0.717, 1.165) is 102 Å². The van der Waals surface area contributed by atoms with E-state index in [9.17, 15) is 146 Å². The minimum Gasteiger partial charge on any atom is -0.289 e. The predicted octanol–water partition coefficient (Wildman–Crippen LogP) is 32.3. The van der Waals surface area contributed by atoms with Gasteiger partial charge in [-0.15, -0.1) is 0 Å². The molecule has 7 rings (SSSR count). The average molecular weight is 2060 g/mol. The van der Waals surface area contributed by atoms with Crippen LogP contribution < -0.4 is 0 Å². The summed E-state index contributed by atoms with van der Waals surface area (Å²) in [5.41, 5.74) is 14.6. The summed E-state index contributed by atoms with van der Waals surface area (Å²) in [6.45, 7) is 37.0. The molecule has 0 heterocycles. The van der Waals surface area contributed by atoms with E-state index >= 15 is 0 Å². The number of carbonyl (C=O) groups is 14. The van der Waals surface area contributed by atoms with Gasteiger partial charge in [0.2, 0.25) is 0 Å². The molecule has 0 amide bonds. The van der Waals surface area contributed by atoms with Crippen molar-refractivity contribution in [2.24, 2.45) is 0 Å². The first-order valence-electron chi connectivity index (χ1n) is 50.1. The SMILES string of the molecule is CC1=C(C)C(=O)C(CCCCC(F)(F)F)=C(C)C1=O.CC1=C(C)C(=O)C(CCCCCC(F)(F)F)=C(C)C1=O.CC1=C(C)C(=O)C(CCCCCCC(F)(F)F)=C(C)C1=O.CC1=C(C)C(=O)C(CCCCCCCC(F)(F)F)=C(C)C1=O.CC1=C(C)C(=O)C(CCCCCCCCC(F)(F)F)=C(C)C1=O.CC1=C(C)C(=O)C(CCCCCCCCCC(F)(F)F)=C(C)C1=O.CCCCC1=C(C)C(=O)C(C)=C(C)C1=O. The molecule has 0 fully saturated rings. The van der Waals surface area contributed by atoms with Crippen LogP contribution >= 0.6 is 0 Å². The Balaban J connectivity index is 0.000000843. The number of unbranched alkanes of at least 4 members (excludes halogenated alkanes) is 22. The second-order valence-corrected chi connectivity index (χ2v) is 38.4. The van der Waals surface area contributed by atoms with Crippen LogP contribution in [0.5, 0.6) is 0 Å². The number of Topliss-reactive ketones (excluding diaryl/α,β-unsaturated/α-hetero) is 14. The number of carbonyl (C=O) groups excluding carboxylic acids is 14. The second kappa shape index (κ2) is 61.9. The first-order valence-corrected chi connectivity index (χ1v) is 50.1. The van der Waals surface area contributed by atoms with Gasteiger partial charge in [-0.1, -0.05) is 110 Å². The van der Waals surface area contributed by atoms with Gasteiger partial charge in [0, 0.05) is 195 Å². The van der Waals surface area contributed by atoms with Crippen LogP contribution in [0.15, 0.2) is 156 Å². The molecule has 14 nitrogen and oxygen atoms in total. The van der Waals surface area contributed by atoms with Crippen molar-refractivity contribution in [2.75, 3.05) is 0 Å². The van der Waals surface area contributed by atoms with Crippen LogP contribution in [0.1, 0.15) is 422 Å². The summed E-state index contributed by atoms with van der Waals surface area (Å²) < 4.78 is 216. The maximum atomic E-state index is 12.3. The fourth-order valence-electron chi connectivity index (χ4n) is 17.0. The summed E-state index contributed by atoms with van der Waals surface area (Å²) in [5, 5.41) is 0. The van der Waals surface area contributed by atoms with Gasteiger partial charge in [0.05, 0.1) is 0 Å². The van der Waals surface area contributed by atoms with E-state index in [1.807, 2.05) is 0 Å². The van der Waals surface area contributed by atoms with Gasteiger partial charge in [-0.05, 0) is 274 Å². The molecule has 0 saturated heterocycles. The Morgan fingerprint density at radius 1 is 0.125 bits per heavy atom. The van der Waals surface area contributed by atoms with Crippen LogP contribution in [0.2, 0.25) is 0 Å². The molecule has 0 aliphatic heterocycles. The van der Waals surface area contributed by atoms with Crippen LogP contribution in [-0.2, 0) is 67.1 Å². The van der Waals surface area contributed by atoms with Crippen LogP contribution in [0.3, 0.4) is 0 Å². The molecule has 0 aromatic heterocycles. The number of hydrogen-bond donors (Lipinski definition) is 0. The van der Waals surface area contributed by atoms with Crippen LogP contribution in [0.4, 0.5) is 79.0 Å². The summed E-state index contributed by atoms with van der Waals surface area (Å²) in [5.74, 6) is -1.02. The van der Waals surface area contributed by atoms with Crippen LogP contribution in [-0.4, -0.2) is 118 Å². The zero-order valence-electron chi connectivity index (χ0n) is 88.2. The molecule has 7 aliphatic rings. The largest absolute Gasteiger partial charge is 0.389 e. The quantitative estimate of drug-likeness (QED) is 0.0314. The molecule has 0 aromatic carbocycles. The molecular weight excluding hydrogens is 1910 g/mol. The van der Waals surface area contributed by atoms with Crippen molar-refractivity contribution in [3.63, 3.8) is 0 Å². The van der Waals surface area contributed by atoms with Crippen molar-refractivity contribution < 1.29 is 146 Å². The summed E-state index contributed by atoms with van der Waals surface area (Å²) >= 11 is 0. The average Bonchev–Trinajstić information content (AvgIpc) is 0.836. The fraction of sp³-hybridized carbons (Fsp3) is 0.625. The minimum absolute atomic E-state index is 0.0169. The molecule has 0 N–H and O–H groups in total. The highest BCUT2D eigenvalue weighted by atomic mass is 19.4. The molecule has 0 bridgehead atoms. The molecular formula is C112H150F18O14. The van der Waals surface area contributed by atoms with Gasteiger partial charge in [-0.25, -0.2) is 0 Å². The van der Waals surface area contributed by atoms with Crippen LogP contribution in [0, 0.1) is 0 Å². The lowest BCUT2D eigenvalue weighted by molar-refractivity contribution is -0.136.